The lowest BCUT2D eigenvalue weighted by Gasteiger charge is -2.13. The highest BCUT2D eigenvalue weighted by Gasteiger charge is 2.22. The predicted octanol–water partition coefficient (Wildman–Crippen LogP) is 3.68. The third-order valence-electron chi connectivity index (χ3n) is 4.07. The van der Waals surface area contributed by atoms with Gasteiger partial charge in [0.1, 0.15) is 5.76 Å². The Bertz CT molecular complexity index is 917. The number of carbonyl (C=O) groups excluding carboxylic acids is 1. The molecule has 1 atom stereocenters. The molecule has 0 saturated heterocycles. The number of hydrogen-bond donors (Lipinski definition) is 1. The third-order valence-corrected chi connectivity index (χ3v) is 5.15. The van der Waals surface area contributed by atoms with Gasteiger partial charge in [0.05, 0.1) is 23.6 Å². The van der Waals surface area contributed by atoms with E-state index in [2.05, 4.69) is 34.2 Å². The molecule has 6 nitrogen and oxygen atoms in total. The summed E-state index contributed by atoms with van der Waals surface area (Å²) in [5.41, 5.74) is 2.03. The van der Waals surface area contributed by atoms with Crippen LogP contribution in [-0.4, -0.2) is 32.5 Å². The van der Waals surface area contributed by atoms with Crippen molar-refractivity contribution in [3.63, 3.8) is 0 Å². The molecule has 3 aromatic rings. The SMILES string of the molecule is C=CCNC(=O)[C@@H](C)Sc1nnc(-c2ccoc2C)n1Cc1ccccc1. The molecular formula is C20H22N4O2S. The Morgan fingerprint density at radius 2 is 2.11 bits per heavy atom. The maximum Gasteiger partial charge on any atom is 0.233 e. The second-order valence-corrected chi connectivity index (χ2v) is 7.37. The largest absolute Gasteiger partial charge is 0.469 e. The zero-order chi connectivity index (χ0) is 19.2. The molecule has 1 amide bonds. The second-order valence-electron chi connectivity index (χ2n) is 6.06. The van der Waals surface area contributed by atoms with Crippen LogP contribution in [0.1, 0.15) is 18.2 Å². The van der Waals surface area contributed by atoms with Crippen LogP contribution in [0.25, 0.3) is 11.4 Å². The van der Waals surface area contributed by atoms with Crippen LogP contribution in [0.3, 0.4) is 0 Å². The van der Waals surface area contributed by atoms with Crippen molar-refractivity contribution in [1.29, 1.82) is 0 Å². The van der Waals surface area contributed by atoms with Gasteiger partial charge in [0.2, 0.25) is 5.91 Å². The van der Waals surface area contributed by atoms with Crippen LogP contribution in [0.5, 0.6) is 0 Å². The number of hydrogen-bond acceptors (Lipinski definition) is 5. The number of nitrogens with zero attached hydrogens (tertiary/aromatic N) is 3. The third kappa shape index (κ3) is 4.49. The van der Waals surface area contributed by atoms with E-state index in [-0.39, 0.29) is 11.2 Å². The molecule has 0 aliphatic rings. The summed E-state index contributed by atoms with van der Waals surface area (Å²) >= 11 is 1.38. The maximum absolute atomic E-state index is 12.2. The van der Waals surface area contributed by atoms with Gasteiger partial charge in [-0.15, -0.1) is 16.8 Å². The first kappa shape index (κ1) is 19.0. The van der Waals surface area contributed by atoms with Crippen LogP contribution < -0.4 is 5.32 Å². The van der Waals surface area contributed by atoms with Gasteiger partial charge in [0.25, 0.3) is 0 Å². The summed E-state index contributed by atoms with van der Waals surface area (Å²) in [6.45, 7) is 8.43. The normalized spacial score (nSPS) is 11.9. The van der Waals surface area contributed by atoms with E-state index < -0.39 is 0 Å². The molecule has 0 bridgehead atoms. The highest BCUT2D eigenvalue weighted by atomic mass is 32.2. The quantitative estimate of drug-likeness (QED) is 0.475. The van der Waals surface area contributed by atoms with Crippen molar-refractivity contribution in [3.05, 3.63) is 66.6 Å². The number of rotatable bonds is 8. The topological polar surface area (TPSA) is 73.0 Å². The lowest BCUT2D eigenvalue weighted by molar-refractivity contribution is -0.120. The minimum Gasteiger partial charge on any atom is -0.469 e. The van der Waals surface area contributed by atoms with Crippen LogP contribution in [-0.2, 0) is 11.3 Å². The highest BCUT2D eigenvalue weighted by Crippen LogP contribution is 2.29. The van der Waals surface area contributed by atoms with Gasteiger partial charge in [-0.1, -0.05) is 48.2 Å². The molecule has 0 fully saturated rings. The van der Waals surface area contributed by atoms with Crippen LogP contribution in [0.4, 0.5) is 0 Å². The Kier molecular flexibility index (Phi) is 6.13. The Morgan fingerprint density at radius 3 is 2.78 bits per heavy atom. The number of nitrogens with one attached hydrogen (secondary N) is 1. The van der Waals surface area contributed by atoms with Gasteiger partial charge in [-0.25, -0.2) is 0 Å². The van der Waals surface area contributed by atoms with E-state index in [1.807, 2.05) is 42.7 Å². The van der Waals surface area contributed by atoms with Gasteiger partial charge in [-0.2, -0.15) is 0 Å². The van der Waals surface area contributed by atoms with Gasteiger partial charge in [-0.05, 0) is 25.5 Å². The summed E-state index contributed by atoms with van der Waals surface area (Å²) in [5, 5.41) is 11.9. The molecule has 0 spiro atoms. The molecule has 0 aliphatic carbocycles. The van der Waals surface area contributed by atoms with Gasteiger partial charge in [0, 0.05) is 6.54 Å². The van der Waals surface area contributed by atoms with Gasteiger partial charge < -0.3 is 9.73 Å². The van der Waals surface area contributed by atoms with Crippen molar-refractivity contribution in [2.75, 3.05) is 6.54 Å². The first-order chi connectivity index (χ1) is 13.1. The van der Waals surface area contributed by atoms with Crippen molar-refractivity contribution >= 4 is 17.7 Å². The zero-order valence-electron chi connectivity index (χ0n) is 15.4. The fourth-order valence-corrected chi connectivity index (χ4v) is 3.50. The summed E-state index contributed by atoms with van der Waals surface area (Å²) < 4.78 is 7.46. The monoisotopic (exact) mass is 382 g/mol. The minimum atomic E-state index is -0.304. The molecule has 0 saturated carbocycles. The Morgan fingerprint density at radius 1 is 1.33 bits per heavy atom. The molecule has 1 aromatic carbocycles. The smallest absolute Gasteiger partial charge is 0.233 e. The average Bonchev–Trinajstić information content (AvgIpc) is 3.26. The standard InChI is InChI=1S/C20H22N4O2S/c1-4-11-21-19(25)15(3)27-20-23-22-18(17-10-12-26-14(17)2)24(20)13-16-8-6-5-7-9-16/h4-10,12,15H,1,11,13H2,2-3H3,(H,21,25)/t15-/m1/s1. The van der Waals surface area contributed by atoms with Crippen molar-refractivity contribution < 1.29 is 9.21 Å². The van der Waals surface area contributed by atoms with Crippen LogP contribution >= 0.6 is 11.8 Å². The molecule has 0 radical (unpaired) electrons. The molecule has 1 N–H and O–H groups in total. The summed E-state index contributed by atoms with van der Waals surface area (Å²) in [5.74, 6) is 1.45. The Labute approximate surface area is 162 Å². The van der Waals surface area contributed by atoms with Gasteiger partial charge in [0.15, 0.2) is 11.0 Å². The number of amides is 1. The molecule has 3 rings (SSSR count). The number of aryl methyl sites for hydroxylation is 1. The maximum atomic E-state index is 12.2. The summed E-state index contributed by atoms with van der Waals surface area (Å²) in [4.78, 5) is 12.2. The molecule has 2 aromatic heterocycles. The van der Waals surface area contributed by atoms with E-state index >= 15 is 0 Å². The minimum absolute atomic E-state index is 0.0600. The molecule has 0 unspecified atom stereocenters. The lowest BCUT2D eigenvalue weighted by atomic mass is 10.2. The van der Waals surface area contributed by atoms with Gasteiger partial charge >= 0.3 is 0 Å². The van der Waals surface area contributed by atoms with E-state index in [1.165, 1.54) is 11.8 Å². The molecule has 27 heavy (non-hydrogen) atoms. The van der Waals surface area contributed by atoms with Crippen molar-refractivity contribution in [1.82, 2.24) is 20.1 Å². The summed E-state index contributed by atoms with van der Waals surface area (Å²) in [6, 6.07) is 12.0. The summed E-state index contributed by atoms with van der Waals surface area (Å²) in [7, 11) is 0. The van der Waals surface area contributed by atoms with E-state index in [1.54, 1.807) is 12.3 Å². The molecule has 0 aliphatic heterocycles. The fraction of sp³-hybridized carbons (Fsp3) is 0.250. The first-order valence-corrected chi connectivity index (χ1v) is 9.55. The average molecular weight is 382 g/mol. The number of furan rings is 1. The van der Waals surface area contributed by atoms with Crippen molar-refractivity contribution in [2.45, 2.75) is 30.8 Å². The number of carbonyl (C=O) groups is 1. The van der Waals surface area contributed by atoms with Crippen LogP contribution in [0.2, 0.25) is 0 Å². The first-order valence-electron chi connectivity index (χ1n) is 8.67. The molecular weight excluding hydrogens is 360 g/mol. The molecule has 2 heterocycles. The molecule has 7 heteroatoms. The number of thioether (sulfide) groups is 1. The highest BCUT2D eigenvalue weighted by molar-refractivity contribution is 8.00. The summed E-state index contributed by atoms with van der Waals surface area (Å²) in [6.07, 6.45) is 3.30. The van der Waals surface area contributed by atoms with E-state index in [0.717, 1.165) is 22.7 Å². The second kappa shape index (κ2) is 8.73. The Hall–Kier alpha value is -2.80. The van der Waals surface area contributed by atoms with Crippen LogP contribution in [0.15, 0.2) is 64.9 Å². The van der Waals surface area contributed by atoms with Crippen LogP contribution in [0, 0.1) is 6.92 Å². The van der Waals surface area contributed by atoms with E-state index in [4.69, 9.17) is 4.42 Å². The number of aromatic nitrogens is 3. The fourth-order valence-electron chi connectivity index (χ4n) is 2.63. The van der Waals surface area contributed by atoms with E-state index in [9.17, 15) is 4.79 Å². The predicted molar refractivity (Wildman–Crippen MR) is 107 cm³/mol. The Balaban J connectivity index is 1.91. The van der Waals surface area contributed by atoms with E-state index in [0.29, 0.717) is 18.2 Å². The molecule has 140 valence electrons. The van der Waals surface area contributed by atoms with Crippen molar-refractivity contribution in [3.8, 4) is 11.4 Å². The lowest BCUT2D eigenvalue weighted by Crippen LogP contribution is -2.31. The van der Waals surface area contributed by atoms with Gasteiger partial charge in [-0.3, -0.25) is 9.36 Å². The van der Waals surface area contributed by atoms with Crippen molar-refractivity contribution in [2.24, 2.45) is 0 Å². The zero-order valence-corrected chi connectivity index (χ0v) is 16.2. The number of benzene rings is 1.